The molecule has 3 heterocycles. The van der Waals surface area contributed by atoms with E-state index in [1.165, 1.54) is 54.6 Å². The number of hydrogen-bond donors (Lipinski definition) is 4. The van der Waals surface area contributed by atoms with Crippen molar-refractivity contribution in [2.24, 2.45) is 0 Å². The first kappa shape index (κ1) is 24.6. The molecular weight excluding hydrogens is 484 g/mol. The number of rotatable bonds is 0. The third-order valence-corrected chi connectivity index (χ3v) is 4.96. The summed E-state index contributed by atoms with van der Waals surface area (Å²) in [7, 11) is 0. The average molecular weight is 502 g/mol. The van der Waals surface area contributed by atoms with Gasteiger partial charge in [0.05, 0.1) is 0 Å². The van der Waals surface area contributed by atoms with Crippen LogP contribution in [0, 0.1) is 0 Å². The fraction of sp³-hybridized carbons (Fsp3) is 0. The van der Waals surface area contributed by atoms with Gasteiger partial charge in [-0.25, -0.2) is 14.4 Å². The molecule has 0 spiro atoms. The van der Waals surface area contributed by atoms with E-state index >= 15 is 0 Å². The van der Waals surface area contributed by atoms with Crippen LogP contribution >= 0.6 is 0 Å². The predicted molar refractivity (Wildman–Crippen MR) is 134 cm³/mol. The van der Waals surface area contributed by atoms with Crippen LogP contribution in [-0.2, 0) is 0 Å². The van der Waals surface area contributed by atoms with Gasteiger partial charge in [-0.15, -0.1) is 0 Å². The quantitative estimate of drug-likeness (QED) is 0.174. The molecule has 0 fully saturated rings. The molecule has 37 heavy (non-hydrogen) atoms. The molecule has 0 amide bonds. The van der Waals surface area contributed by atoms with E-state index < -0.39 is 11.3 Å². The summed E-state index contributed by atoms with van der Waals surface area (Å²) < 4.78 is 14.4. The Morgan fingerprint density at radius 3 is 1.27 bits per heavy atom. The molecule has 3 aromatic carbocycles. The molecule has 0 unspecified atom stereocenters. The van der Waals surface area contributed by atoms with Gasteiger partial charge in [0.2, 0.25) is 0 Å². The highest BCUT2D eigenvalue weighted by Crippen LogP contribution is 2.30. The molecule has 0 saturated carbocycles. The maximum atomic E-state index is 10.8. The molecule has 0 radical (unpaired) electrons. The van der Waals surface area contributed by atoms with Crippen molar-refractivity contribution in [2.75, 3.05) is 0 Å². The van der Waals surface area contributed by atoms with E-state index in [-0.39, 0.29) is 39.8 Å². The lowest BCUT2D eigenvalue weighted by molar-refractivity contribution is 0.403. The van der Waals surface area contributed by atoms with Crippen molar-refractivity contribution >= 4 is 32.9 Å². The summed E-state index contributed by atoms with van der Waals surface area (Å²) in [6, 6.07) is 21.2. The third-order valence-electron chi connectivity index (χ3n) is 4.96. The summed E-state index contributed by atoms with van der Waals surface area (Å²) in [5.41, 5.74) is -0.135. The van der Waals surface area contributed by atoms with Crippen molar-refractivity contribution in [3.8, 4) is 23.0 Å². The van der Waals surface area contributed by atoms with Crippen molar-refractivity contribution < 1.29 is 33.7 Å². The highest BCUT2D eigenvalue weighted by molar-refractivity contribution is 5.81. The SMILES string of the molecule is O=c1ccc2cc(O)c(O)cc2o1.O=c1ccc2cc(O)c(O)cc2o1.O=c1ccc2ccccc2o1. The number of phenols is 4. The Balaban J connectivity index is 0.000000130. The molecule has 10 nitrogen and oxygen atoms in total. The maximum absolute atomic E-state index is 10.8. The summed E-state index contributed by atoms with van der Waals surface area (Å²) in [4.78, 5) is 32.3. The average Bonchev–Trinajstić information content (AvgIpc) is 2.87. The first-order valence-electron chi connectivity index (χ1n) is 10.6. The van der Waals surface area contributed by atoms with Gasteiger partial charge in [-0.2, -0.15) is 0 Å². The lowest BCUT2D eigenvalue weighted by atomic mass is 10.2. The van der Waals surface area contributed by atoms with E-state index in [2.05, 4.69) is 0 Å². The van der Waals surface area contributed by atoms with Crippen LogP contribution in [0.25, 0.3) is 32.9 Å². The van der Waals surface area contributed by atoms with E-state index in [1.807, 2.05) is 18.2 Å². The van der Waals surface area contributed by atoms with Crippen molar-refractivity contribution in [2.45, 2.75) is 0 Å². The Bertz CT molecular complexity index is 1800. The van der Waals surface area contributed by atoms with Crippen molar-refractivity contribution in [1.82, 2.24) is 0 Å². The van der Waals surface area contributed by atoms with Crippen molar-refractivity contribution in [3.05, 3.63) is 116 Å². The number of hydrogen-bond acceptors (Lipinski definition) is 10. The Morgan fingerprint density at radius 2 is 0.784 bits per heavy atom. The molecule has 0 aliphatic heterocycles. The number of fused-ring (bicyclic) bond motifs is 3. The van der Waals surface area contributed by atoms with E-state index in [1.54, 1.807) is 12.1 Å². The Kier molecular flexibility index (Phi) is 6.92. The van der Waals surface area contributed by atoms with Gasteiger partial charge in [-0.1, -0.05) is 18.2 Å². The fourth-order valence-electron chi connectivity index (χ4n) is 3.20. The van der Waals surface area contributed by atoms with Crippen LogP contribution in [0.2, 0.25) is 0 Å². The van der Waals surface area contributed by atoms with Gasteiger partial charge in [0.1, 0.15) is 16.7 Å². The zero-order valence-corrected chi connectivity index (χ0v) is 18.8. The predicted octanol–water partition coefficient (Wildman–Crippen LogP) is 4.20. The Labute approximate surface area is 206 Å². The summed E-state index contributed by atoms with van der Waals surface area (Å²) >= 11 is 0. The number of aromatic hydroxyl groups is 4. The molecule has 0 saturated heterocycles. The van der Waals surface area contributed by atoms with Crippen molar-refractivity contribution in [1.29, 1.82) is 0 Å². The maximum Gasteiger partial charge on any atom is 0.336 e. The largest absolute Gasteiger partial charge is 0.504 e. The van der Waals surface area contributed by atoms with Gasteiger partial charge in [0.25, 0.3) is 0 Å². The molecule has 10 heteroatoms. The summed E-state index contributed by atoms with van der Waals surface area (Å²) in [6.45, 7) is 0. The second-order valence-corrected chi connectivity index (χ2v) is 7.56. The number of phenolic OH excluding ortho intramolecular Hbond substituents is 4. The topological polar surface area (TPSA) is 172 Å². The molecule has 3 aromatic heterocycles. The summed E-state index contributed by atoms with van der Waals surface area (Å²) in [5.74, 6) is -1.08. The molecule has 0 atom stereocenters. The molecular formula is C27H18O10. The minimum Gasteiger partial charge on any atom is -0.504 e. The van der Waals surface area contributed by atoms with E-state index in [4.69, 9.17) is 33.7 Å². The van der Waals surface area contributed by atoms with Crippen LogP contribution < -0.4 is 16.9 Å². The molecule has 0 bridgehead atoms. The highest BCUT2D eigenvalue weighted by Gasteiger charge is 2.04. The lowest BCUT2D eigenvalue weighted by Gasteiger charge is -1.98. The zero-order valence-electron chi connectivity index (χ0n) is 18.8. The van der Waals surface area contributed by atoms with Crippen LogP contribution in [0.4, 0.5) is 0 Å². The minimum absolute atomic E-state index is 0.235. The third kappa shape index (κ3) is 5.95. The monoisotopic (exact) mass is 502 g/mol. The van der Waals surface area contributed by atoms with Gasteiger partial charge in [-0.05, 0) is 36.4 Å². The van der Waals surface area contributed by atoms with Crippen molar-refractivity contribution in [3.63, 3.8) is 0 Å². The molecule has 6 aromatic rings. The van der Waals surface area contributed by atoms with Crippen LogP contribution in [0.15, 0.2) is 113 Å². The first-order valence-corrected chi connectivity index (χ1v) is 10.6. The van der Waals surface area contributed by atoms with E-state index in [0.29, 0.717) is 16.4 Å². The van der Waals surface area contributed by atoms with Crippen LogP contribution in [0.3, 0.4) is 0 Å². The van der Waals surface area contributed by atoms with Crippen LogP contribution in [0.5, 0.6) is 23.0 Å². The number of benzene rings is 3. The standard InChI is InChI=1S/2C9H6O4.C9H6O2/c2*10-6-3-5-1-2-9(12)13-8(5)4-7(6)11;10-9-6-5-7-3-1-2-4-8(7)11-9/h2*1-4,10-11H;1-6H. The highest BCUT2D eigenvalue weighted by atomic mass is 16.4. The van der Waals surface area contributed by atoms with E-state index in [0.717, 1.165) is 5.39 Å². The smallest absolute Gasteiger partial charge is 0.336 e. The second kappa shape index (κ2) is 10.4. The van der Waals surface area contributed by atoms with Crippen LogP contribution in [0.1, 0.15) is 0 Å². The van der Waals surface area contributed by atoms with Gasteiger partial charge in [0.15, 0.2) is 23.0 Å². The first-order chi connectivity index (χ1) is 17.7. The molecule has 6 rings (SSSR count). The Morgan fingerprint density at radius 1 is 0.405 bits per heavy atom. The Hall–Kier alpha value is -5.51. The normalized spacial score (nSPS) is 10.4. The van der Waals surface area contributed by atoms with Gasteiger partial charge in [0, 0.05) is 46.5 Å². The lowest BCUT2D eigenvalue weighted by Crippen LogP contribution is -1.93. The van der Waals surface area contributed by atoms with E-state index in [9.17, 15) is 14.4 Å². The molecule has 0 aliphatic carbocycles. The van der Waals surface area contributed by atoms with Crippen LogP contribution in [-0.4, -0.2) is 20.4 Å². The zero-order chi connectivity index (χ0) is 26.5. The summed E-state index contributed by atoms with van der Waals surface area (Å²) in [5, 5.41) is 38.5. The van der Waals surface area contributed by atoms with Gasteiger partial charge in [-0.3, -0.25) is 0 Å². The fourth-order valence-corrected chi connectivity index (χ4v) is 3.20. The number of para-hydroxylation sites is 1. The second-order valence-electron chi connectivity index (χ2n) is 7.56. The van der Waals surface area contributed by atoms with Gasteiger partial charge < -0.3 is 33.7 Å². The molecule has 4 N–H and O–H groups in total. The summed E-state index contributed by atoms with van der Waals surface area (Å²) in [6.07, 6.45) is 0. The minimum atomic E-state index is -0.488. The van der Waals surface area contributed by atoms with Gasteiger partial charge >= 0.3 is 16.9 Å². The molecule has 0 aliphatic rings. The molecule has 186 valence electrons.